The highest BCUT2D eigenvalue weighted by Crippen LogP contribution is 2.35. The van der Waals surface area contributed by atoms with E-state index in [4.69, 9.17) is 16.2 Å². The quantitative estimate of drug-likeness (QED) is 0.660. The zero-order chi connectivity index (χ0) is 10.8. The first-order valence-electron chi connectivity index (χ1n) is 3.65. The number of benzene rings is 1. The van der Waals surface area contributed by atoms with Gasteiger partial charge in [-0.3, -0.25) is 0 Å². The molecule has 78 valence electrons. The predicted octanol–water partition coefficient (Wildman–Crippen LogP) is 3.55. The summed E-state index contributed by atoms with van der Waals surface area (Å²) in [5.74, 6) is 0. The van der Waals surface area contributed by atoms with Crippen molar-refractivity contribution in [3.05, 3.63) is 34.9 Å². The fraction of sp³-hybridized carbons (Fsp3) is 0.250. The molecule has 6 heteroatoms. The Morgan fingerprint density at radius 3 is 2.50 bits per heavy atom. The molecular weight excluding hydrogens is 355 g/mol. The molecule has 0 fully saturated rings. The lowest BCUT2D eigenvalue weighted by Crippen LogP contribution is -2.21. The first-order valence-corrected chi connectivity index (χ1v) is 6.73. The van der Waals surface area contributed by atoms with E-state index in [1.807, 2.05) is 18.2 Å². The van der Waals surface area contributed by atoms with Crippen molar-refractivity contribution in [2.24, 2.45) is 0 Å². The lowest BCUT2D eigenvalue weighted by Gasteiger charge is -2.16. The topological polar surface area (TPSA) is 37.3 Å². The van der Waals surface area contributed by atoms with Gasteiger partial charge in [0.15, 0.2) is 13.6 Å². The van der Waals surface area contributed by atoms with Crippen LogP contribution in [0.5, 0.6) is 0 Å². The highest BCUT2D eigenvalue weighted by molar-refractivity contribution is 9.27. The summed E-state index contributed by atoms with van der Waals surface area (Å²) in [4.78, 5) is 0. The smallest absolute Gasteiger partial charge is 0.184 e. The molecule has 0 aliphatic carbocycles. The SMILES string of the molecule is O=S(O)C(Br)(Br)Cc1ccccc1Cl. The van der Waals surface area contributed by atoms with Crippen LogP contribution in [0.3, 0.4) is 0 Å². The maximum atomic E-state index is 10.9. The van der Waals surface area contributed by atoms with Crippen LogP contribution in [0.15, 0.2) is 24.3 Å². The minimum absolute atomic E-state index is 0.329. The van der Waals surface area contributed by atoms with Crippen LogP contribution >= 0.6 is 43.5 Å². The van der Waals surface area contributed by atoms with Gasteiger partial charge in [-0.05, 0) is 11.6 Å². The van der Waals surface area contributed by atoms with Crippen molar-refractivity contribution in [2.75, 3.05) is 0 Å². The van der Waals surface area contributed by atoms with Crippen molar-refractivity contribution in [3.63, 3.8) is 0 Å². The Hall–Kier alpha value is 0.580. The van der Waals surface area contributed by atoms with Crippen LogP contribution in [0.25, 0.3) is 0 Å². The third-order valence-corrected chi connectivity index (χ3v) is 4.86. The fourth-order valence-electron chi connectivity index (χ4n) is 0.925. The number of hydrogen-bond acceptors (Lipinski definition) is 1. The second-order valence-electron chi connectivity index (χ2n) is 2.65. The van der Waals surface area contributed by atoms with Crippen LogP contribution in [-0.4, -0.2) is 11.3 Å². The monoisotopic (exact) mass is 360 g/mol. The molecule has 0 saturated heterocycles. The Morgan fingerprint density at radius 2 is 2.00 bits per heavy atom. The van der Waals surface area contributed by atoms with Crippen LogP contribution in [0.1, 0.15) is 5.56 Å². The third-order valence-electron chi connectivity index (χ3n) is 1.61. The second kappa shape index (κ2) is 5.07. The molecule has 0 spiro atoms. The average Bonchev–Trinajstić information content (AvgIpc) is 2.08. The van der Waals surface area contributed by atoms with Gasteiger partial charge in [0.1, 0.15) is 0 Å². The average molecular weight is 362 g/mol. The van der Waals surface area contributed by atoms with Gasteiger partial charge in [0, 0.05) is 11.4 Å². The van der Waals surface area contributed by atoms with Crippen molar-refractivity contribution < 1.29 is 8.76 Å². The molecular formula is C8H7Br2ClO2S. The van der Waals surface area contributed by atoms with E-state index < -0.39 is 13.6 Å². The van der Waals surface area contributed by atoms with Gasteiger partial charge in [0.05, 0.1) is 0 Å². The standard InChI is InChI=1S/C8H7Br2ClO2S/c9-8(10,14(12)13)5-6-3-1-2-4-7(6)11/h1-4H,5H2,(H,12,13). The van der Waals surface area contributed by atoms with Crippen molar-refractivity contribution in [1.29, 1.82) is 0 Å². The summed E-state index contributed by atoms with van der Waals surface area (Å²) in [5, 5.41) is 0.584. The van der Waals surface area contributed by atoms with Gasteiger partial charge in [-0.25, -0.2) is 4.21 Å². The van der Waals surface area contributed by atoms with E-state index >= 15 is 0 Å². The number of rotatable bonds is 3. The van der Waals surface area contributed by atoms with Gasteiger partial charge in [0.25, 0.3) is 0 Å². The van der Waals surface area contributed by atoms with Gasteiger partial charge < -0.3 is 4.55 Å². The zero-order valence-electron chi connectivity index (χ0n) is 6.91. The van der Waals surface area contributed by atoms with E-state index in [0.717, 1.165) is 5.56 Å². The second-order valence-corrected chi connectivity index (χ2v) is 9.08. The molecule has 0 aliphatic rings. The molecule has 0 aromatic heterocycles. The molecule has 0 bridgehead atoms. The maximum absolute atomic E-state index is 10.9. The fourth-order valence-corrected chi connectivity index (χ4v) is 2.01. The van der Waals surface area contributed by atoms with E-state index in [1.54, 1.807) is 6.07 Å². The largest absolute Gasteiger partial charge is 0.304 e. The number of hydrogen-bond donors (Lipinski definition) is 1. The van der Waals surface area contributed by atoms with Crippen LogP contribution < -0.4 is 0 Å². The minimum Gasteiger partial charge on any atom is -0.304 e. The lowest BCUT2D eigenvalue weighted by atomic mass is 10.2. The highest BCUT2D eigenvalue weighted by atomic mass is 79.9. The summed E-state index contributed by atoms with van der Waals surface area (Å²) in [6, 6.07) is 7.20. The molecule has 14 heavy (non-hydrogen) atoms. The van der Waals surface area contributed by atoms with E-state index in [2.05, 4.69) is 31.9 Å². The van der Waals surface area contributed by atoms with Gasteiger partial charge in [-0.15, -0.1) is 0 Å². The first kappa shape index (κ1) is 12.6. The molecule has 0 radical (unpaired) electrons. The molecule has 0 saturated carbocycles. The van der Waals surface area contributed by atoms with Crippen molar-refractivity contribution in [2.45, 2.75) is 8.99 Å². The number of halogens is 3. The zero-order valence-corrected chi connectivity index (χ0v) is 11.7. The molecule has 0 aliphatic heterocycles. The first-order chi connectivity index (χ1) is 6.43. The van der Waals surface area contributed by atoms with Gasteiger partial charge >= 0.3 is 0 Å². The highest BCUT2D eigenvalue weighted by Gasteiger charge is 2.30. The number of alkyl halides is 2. The molecule has 1 atom stereocenters. The Morgan fingerprint density at radius 1 is 1.43 bits per heavy atom. The third kappa shape index (κ3) is 3.31. The Labute approximate surface area is 107 Å². The summed E-state index contributed by atoms with van der Waals surface area (Å²) >= 11 is 10.2. The maximum Gasteiger partial charge on any atom is 0.184 e. The molecule has 2 nitrogen and oxygen atoms in total. The predicted molar refractivity (Wildman–Crippen MR) is 66.5 cm³/mol. The summed E-state index contributed by atoms with van der Waals surface area (Å²) in [5.41, 5.74) is 0.810. The van der Waals surface area contributed by atoms with Gasteiger partial charge in [0.2, 0.25) is 0 Å². The summed E-state index contributed by atoms with van der Waals surface area (Å²) in [6.07, 6.45) is 0.329. The van der Waals surface area contributed by atoms with Crippen molar-refractivity contribution in [3.8, 4) is 0 Å². The van der Waals surface area contributed by atoms with Gasteiger partial charge in [-0.2, -0.15) is 0 Å². The van der Waals surface area contributed by atoms with E-state index in [1.165, 1.54) is 0 Å². The summed E-state index contributed by atoms with van der Waals surface area (Å²) in [7, 11) is 0. The molecule has 0 amide bonds. The Bertz CT molecular complexity index is 357. The molecule has 1 unspecified atom stereocenters. The molecule has 1 aromatic rings. The Kier molecular flexibility index (Phi) is 4.58. The van der Waals surface area contributed by atoms with Crippen LogP contribution in [-0.2, 0) is 17.5 Å². The van der Waals surface area contributed by atoms with Crippen LogP contribution in [0, 0.1) is 0 Å². The van der Waals surface area contributed by atoms with E-state index in [0.29, 0.717) is 11.4 Å². The minimum atomic E-state index is -2.01. The normalized spacial score (nSPS) is 14.0. The molecule has 1 aromatic carbocycles. The van der Waals surface area contributed by atoms with Crippen LogP contribution in [0.4, 0.5) is 0 Å². The van der Waals surface area contributed by atoms with E-state index in [-0.39, 0.29) is 0 Å². The summed E-state index contributed by atoms with van der Waals surface area (Å²) in [6.45, 7) is 0. The molecule has 1 rings (SSSR count). The molecule has 1 N–H and O–H groups in total. The van der Waals surface area contributed by atoms with Crippen molar-refractivity contribution in [1.82, 2.24) is 0 Å². The van der Waals surface area contributed by atoms with Crippen LogP contribution in [0.2, 0.25) is 5.02 Å². The van der Waals surface area contributed by atoms with E-state index in [9.17, 15) is 4.21 Å². The van der Waals surface area contributed by atoms with Gasteiger partial charge in [-0.1, -0.05) is 61.7 Å². The Balaban J connectivity index is 2.89. The lowest BCUT2D eigenvalue weighted by molar-refractivity contribution is 0.558. The summed E-state index contributed by atoms with van der Waals surface area (Å²) < 4.78 is 18.8. The molecule has 0 heterocycles. The van der Waals surface area contributed by atoms with Crippen molar-refractivity contribution >= 4 is 54.5 Å².